The smallest absolute Gasteiger partial charge is 0.348 e. The van der Waals surface area contributed by atoms with Crippen LogP contribution in [0.25, 0.3) is 22.5 Å². The largest absolute Gasteiger partial charge is 0.424 e. The molecule has 0 fully saturated rings. The highest BCUT2D eigenvalue weighted by Gasteiger charge is 2.34. The van der Waals surface area contributed by atoms with Crippen LogP contribution < -0.4 is 4.74 Å². The third-order valence-corrected chi connectivity index (χ3v) is 5.76. The van der Waals surface area contributed by atoms with Gasteiger partial charge in [0.1, 0.15) is 5.75 Å². The molecular formula is C28H33FN2O2. The van der Waals surface area contributed by atoms with Gasteiger partial charge in [-0.15, -0.1) is 0 Å². The van der Waals surface area contributed by atoms with Gasteiger partial charge in [-0.25, -0.2) is 19.2 Å². The van der Waals surface area contributed by atoms with Crippen LogP contribution in [0.1, 0.15) is 64.9 Å². The molecule has 0 saturated heterocycles. The molecule has 33 heavy (non-hydrogen) atoms. The molecule has 2 aromatic carbocycles. The van der Waals surface area contributed by atoms with Crippen molar-refractivity contribution in [1.29, 1.82) is 0 Å². The van der Waals surface area contributed by atoms with Gasteiger partial charge in [-0.2, -0.15) is 0 Å². The summed E-state index contributed by atoms with van der Waals surface area (Å²) in [6.07, 6.45) is 9.72. The zero-order valence-corrected chi connectivity index (χ0v) is 19.8. The molecule has 3 rings (SSSR count). The number of nitrogens with zero attached hydrogens (tertiary/aromatic N) is 2. The summed E-state index contributed by atoms with van der Waals surface area (Å²) in [6.45, 7) is 5.52. The lowest BCUT2D eigenvalue weighted by atomic mass is 10.0. The molecule has 0 radical (unpaired) electrons. The van der Waals surface area contributed by atoms with Crippen molar-refractivity contribution in [3.05, 3.63) is 66.5 Å². The molecule has 0 aliphatic heterocycles. The fourth-order valence-corrected chi connectivity index (χ4v) is 3.57. The highest BCUT2D eigenvalue weighted by molar-refractivity contribution is 5.81. The predicted octanol–water partition coefficient (Wildman–Crippen LogP) is 7.37. The van der Waals surface area contributed by atoms with E-state index in [4.69, 9.17) is 4.74 Å². The number of halogens is 1. The van der Waals surface area contributed by atoms with Crippen LogP contribution in [0.2, 0.25) is 0 Å². The minimum Gasteiger partial charge on any atom is -0.424 e. The number of hydrogen-bond donors (Lipinski definition) is 0. The molecule has 174 valence electrons. The Bertz CT molecular complexity index is 1010. The topological polar surface area (TPSA) is 52.1 Å². The maximum Gasteiger partial charge on any atom is 0.348 e. The van der Waals surface area contributed by atoms with Crippen molar-refractivity contribution in [3.8, 4) is 28.3 Å². The number of ether oxygens (including phenoxy) is 1. The van der Waals surface area contributed by atoms with E-state index in [0.717, 1.165) is 36.0 Å². The van der Waals surface area contributed by atoms with E-state index in [1.54, 1.807) is 24.5 Å². The van der Waals surface area contributed by atoms with Gasteiger partial charge in [0, 0.05) is 23.5 Å². The minimum atomic E-state index is -1.98. The van der Waals surface area contributed by atoms with Crippen molar-refractivity contribution in [2.75, 3.05) is 0 Å². The fourth-order valence-electron chi connectivity index (χ4n) is 3.57. The Morgan fingerprint density at radius 2 is 1.45 bits per heavy atom. The predicted molar refractivity (Wildman–Crippen MR) is 131 cm³/mol. The van der Waals surface area contributed by atoms with Crippen LogP contribution in [-0.4, -0.2) is 21.6 Å². The number of aryl methyl sites for hydroxylation is 1. The van der Waals surface area contributed by atoms with E-state index in [-0.39, 0.29) is 6.42 Å². The van der Waals surface area contributed by atoms with Crippen molar-refractivity contribution < 1.29 is 13.9 Å². The molecule has 1 atom stereocenters. The zero-order chi connectivity index (χ0) is 23.7. The van der Waals surface area contributed by atoms with E-state index in [0.29, 0.717) is 18.0 Å². The number of esters is 1. The number of rotatable bonds is 11. The third-order valence-electron chi connectivity index (χ3n) is 5.76. The van der Waals surface area contributed by atoms with Crippen LogP contribution in [0.3, 0.4) is 0 Å². The van der Waals surface area contributed by atoms with Crippen molar-refractivity contribution >= 4 is 5.97 Å². The lowest BCUT2D eigenvalue weighted by molar-refractivity contribution is -0.147. The monoisotopic (exact) mass is 448 g/mol. The van der Waals surface area contributed by atoms with Crippen LogP contribution in [-0.2, 0) is 11.2 Å². The minimum absolute atomic E-state index is 0.170. The first-order chi connectivity index (χ1) is 15.9. The summed E-state index contributed by atoms with van der Waals surface area (Å²) < 4.78 is 19.9. The van der Waals surface area contributed by atoms with Gasteiger partial charge in [0.15, 0.2) is 5.82 Å². The van der Waals surface area contributed by atoms with Crippen molar-refractivity contribution in [3.63, 3.8) is 0 Å². The molecule has 0 bridgehead atoms. The molecule has 1 aromatic heterocycles. The Kier molecular flexibility index (Phi) is 8.70. The fraction of sp³-hybridized carbons (Fsp3) is 0.393. The number of alkyl halides is 1. The second-order valence-electron chi connectivity index (χ2n) is 8.66. The Hall–Kier alpha value is -3.08. The third kappa shape index (κ3) is 6.95. The summed E-state index contributed by atoms with van der Waals surface area (Å²) in [5, 5.41) is 0. The van der Waals surface area contributed by atoms with Crippen molar-refractivity contribution in [1.82, 2.24) is 9.97 Å². The normalized spacial score (nSPS) is 12.8. The van der Waals surface area contributed by atoms with Gasteiger partial charge in [-0.05, 0) is 55.9 Å². The molecule has 0 amide bonds. The Balaban J connectivity index is 1.62. The van der Waals surface area contributed by atoms with Crippen LogP contribution in [0.15, 0.2) is 60.9 Å². The van der Waals surface area contributed by atoms with Crippen LogP contribution >= 0.6 is 0 Å². The van der Waals surface area contributed by atoms with Gasteiger partial charge < -0.3 is 4.74 Å². The summed E-state index contributed by atoms with van der Waals surface area (Å²) >= 11 is 0. The summed E-state index contributed by atoms with van der Waals surface area (Å²) in [7, 11) is 0. The molecule has 0 spiro atoms. The van der Waals surface area contributed by atoms with Crippen LogP contribution in [0.4, 0.5) is 4.39 Å². The Morgan fingerprint density at radius 1 is 0.848 bits per heavy atom. The Morgan fingerprint density at radius 3 is 2.06 bits per heavy atom. The molecule has 0 N–H and O–H groups in total. The van der Waals surface area contributed by atoms with Crippen LogP contribution in [0.5, 0.6) is 5.75 Å². The van der Waals surface area contributed by atoms with E-state index in [2.05, 4.69) is 41.2 Å². The summed E-state index contributed by atoms with van der Waals surface area (Å²) in [4.78, 5) is 21.2. The highest BCUT2D eigenvalue weighted by Crippen LogP contribution is 2.26. The van der Waals surface area contributed by atoms with Crippen LogP contribution in [0, 0.1) is 0 Å². The number of unbranched alkanes of at least 4 members (excludes halogenated alkanes) is 3. The SMILES string of the molecule is CCCCCC(C)(F)C(=O)Oc1ccc(-c2cnc(-c3ccc(CCCC)cc3)nc2)cc1. The van der Waals surface area contributed by atoms with E-state index in [1.807, 2.05) is 19.1 Å². The van der Waals surface area contributed by atoms with Gasteiger partial charge >= 0.3 is 5.97 Å². The number of aromatic nitrogens is 2. The first-order valence-corrected chi connectivity index (χ1v) is 11.9. The van der Waals surface area contributed by atoms with E-state index in [9.17, 15) is 9.18 Å². The highest BCUT2D eigenvalue weighted by atomic mass is 19.1. The molecular weight excluding hydrogens is 415 g/mol. The standard InChI is InChI=1S/C28H33FN2O2/c1-4-6-8-18-28(3,29)27(32)33-25-16-14-22(15-17-25)24-19-30-26(31-20-24)23-12-10-21(11-13-23)9-7-5-2/h10-17,19-20H,4-9,18H2,1-3H3. The average molecular weight is 449 g/mol. The average Bonchev–Trinajstić information content (AvgIpc) is 2.84. The molecule has 0 saturated carbocycles. The molecule has 1 heterocycles. The molecule has 5 heteroatoms. The zero-order valence-electron chi connectivity index (χ0n) is 19.8. The maximum absolute atomic E-state index is 14.6. The first-order valence-electron chi connectivity index (χ1n) is 11.9. The van der Waals surface area contributed by atoms with Gasteiger partial charge in [0.05, 0.1) is 0 Å². The summed E-state index contributed by atoms with van der Waals surface area (Å²) in [5.41, 5.74) is 2.07. The van der Waals surface area contributed by atoms with Gasteiger partial charge in [0.2, 0.25) is 5.67 Å². The van der Waals surface area contributed by atoms with Crippen molar-refractivity contribution in [2.45, 2.75) is 71.4 Å². The van der Waals surface area contributed by atoms with Crippen molar-refractivity contribution in [2.24, 2.45) is 0 Å². The van der Waals surface area contributed by atoms with Gasteiger partial charge in [-0.3, -0.25) is 0 Å². The summed E-state index contributed by atoms with van der Waals surface area (Å²) in [5.74, 6) is 0.153. The van der Waals surface area contributed by atoms with E-state index >= 15 is 0 Å². The molecule has 0 aliphatic rings. The van der Waals surface area contributed by atoms with E-state index < -0.39 is 11.6 Å². The lowest BCUT2D eigenvalue weighted by Gasteiger charge is -2.18. The number of hydrogen-bond acceptors (Lipinski definition) is 4. The summed E-state index contributed by atoms with van der Waals surface area (Å²) in [6, 6.07) is 15.3. The Labute approximate surface area is 196 Å². The molecule has 1 unspecified atom stereocenters. The number of carbonyl (C=O) groups is 1. The molecule has 0 aliphatic carbocycles. The number of benzene rings is 2. The quantitative estimate of drug-likeness (QED) is 0.175. The van der Waals surface area contributed by atoms with Gasteiger partial charge in [0.25, 0.3) is 0 Å². The number of carbonyl (C=O) groups excluding carboxylic acids is 1. The molecule has 4 nitrogen and oxygen atoms in total. The van der Waals surface area contributed by atoms with E-state index in [1.165, 1.54) is 25.3 Å². The lowest BCUT2D eigenvalue weighted by Crippen LogP contribution is -2.34. The maximum atomic E-state index is 14.6. The molecule has 3 aromatic rings. The first kappa shape index (κ1) is 24.6. The van der Waals surface area contributed by atoms with Gasteiger partial charge in [-0.1, -0.05) is 69.5 Å². The second-order valence-corrected chi connectivity index (χ2v) is 8.66. The second kappa shape index (κ2) is 11.7.